The fraction of sp³-hybridized carbons (Fsp3) is 0.904. The molecule has 0 saturated carbocycles. The van der Waals surface area contributed by atoms with E-state index in [1.807, 2.05) is 0 Å². The zero-order valence-electron chi connectivity index (χ0n) is 47.5. The standard InChI is InChI=1S/C52H103N7O14/c1-48(2,3)69-41(62)31-29-38(45(66)72-51(10,11)12)59-46(67)58-37(44(65)71-50(7,8)9)28-30-39(60)54-33-23-18-16-17-19-27-40(61)56-35(25-21-24-34-55-47(68)73-52(13,14)15)42(63)57-36(26-20-22-32-53)43(64)70-49(4,5)6/h35-40,42,46,54,56-61,63,67H,16-34,53H2,1-15H3,(H,55,68)/t35-,36-,37-,38-,39?,40?,42?,46?/m0/s1. The van der Waals surface area contributed by atoms with Crippen LogP contribution in [0.3, 0.4) is 0 Å². The van der Waals surface area contributed by atoms with Gasteiger partial charge in [-0.2, -0.15) is 0 Å². The number of nitrogens with two attached hydrogens (primary N) is 1. The number of hydrogen-bond donors (Lipinski definition) is 11. The number of aliphatic hydroxyl groups excluding tert-OH is 4. The van der Waals surface area contributed by atoms with Gasteiger partial charge in [0, 0.05) is 19.0 Å². The van der Waals surface area contributed by atoms with Crippen molar-refractivity contribution < 1.29 is 68.1 Å². The Kier molecular flexibility index (Phi) is 32.9. The van der Waals surface area contributed by atoms with Crippen LogP contribution in [0.5, 0.6) is 0 Å². The average Bonchev–Trinajstić information content (AvgIpc) is 3.20. The van der Waals surface area contributed by atoms with E-state index >= 15 is 0 Å². The highest BCUT2D eigenvalue weighted by Gasteiger charge is 2.33. The van der Waals surface area contributed by atoms with E-state index in [2.05, 4.69) is 31.9 Å². The van der Waals surface area contributed by atoms with E-state index in [0.717, 1.165) is 25.7 Å². The maximum atomic E-state index is 13.3. The van der Waals surface area contributed by atoms with Gasteiger partial charge >= 0.3 is 30.0 Å². The molecule has 0 aromatic carbocycles. The van der Waals surface area contributed by atoms with Gasteiger partial charge < -0.3 is 55.2 Å². The van der Waals surface area contributed by atoms with Crippen LogP contribution in [-0.2, 0) is 42.9 Å². The molecule has 0 rings (SSSR count). The van der Waals surface area contributed by atoms with Crippen molar-refractivity contribution in [2.45, 2.75) is 284 Å². The molecule has 0 saturated heterocycles. The Hall–Kier alpha value is -3.25. The molecule has 21 heteroatoms. The van der Waals surface area contributed by atoms with Gasteiger partial charge in [0.25, 0.3) is 0 Å². The molecule has 73 heavy (non-hydrogen) atoms. The smallest absolute Gasteiger partial charge is 0.407 e. The second kappa shape index (κ2) is 34.4. The highest BCUT2D eigenvalue weighted by molar-refractivity contribution is 5.78. The monoisotopic (exact) mass is 1050 g/mol. The number of esters is 4. The highest BCUT2D eigenvalue weighted by Crippen LogP contribution is 2.18. The Labute approximate surface area is 438 Å². The molecule has 0 aromatic rings. The SMILES string of the molecule is CC(C)(C)OC(=O)CC[C@H](NC(O)N[C@@H](CCC(O)NCCCCCCCC(O)N[C@@H](CCCCNC(=O)OC(C)(C)C)C(O)N[C@@H](CCCCN)C(=O)OC(C)(C)C)C(=O)OC(C)(C)C)C(=O)OC(C)(C)C. The highest BCUT2D eigenvalue weighted by atomic mass is 16.6. The van der Waals surface area contributed by atoms with Gasteiger partial charge in [0.15, 0.2) is 6.35 Å². The number of carbonyl (C=O) groups is 5. The van der Waals surface area contributed by atoms with Crippen molar-refractivity contribution in [1.29, 1.82) is 0 Å². The zero-order valence-corrected chi connectivity index (χ0v) is 47.5. The number of amides is 1. The molecule has 0 aliphatic carbocycles. The lowest BCUT2D eigenvalue weighted by atomic mass is 10.0. The van der Waals surface area contributed by atoms with Crippen LogP contribution in [0.2, 0.25) is 0 Å². The van der Waals surface area contributed by atoms with Crippen LogP contribution in [0.15, 0.2) is 0 Å². The molecule has 0 aliphatic rings. The van der Waals surface area contributed by atoms with Crippen LogP contribution < -0.4 is 37.6 Å². The Morgan fingerprint density at radius 3 is 1.38 bits per heavy atom. The minimum Gasteiger partial charge on any atom is -0.460 e. The van der Waals surface area contributed by atoms with Gasteiger partial charge in [0.1, 0.15) is 64.8 Å². The van der Waals surface area contributed by atoms with E-state index < -0.39 is 107 Å². The number of carbonyl (C=O) groups excluding carboxylic acids is 5. The van der Waals surface area contributed by atoms with Gasteiger partial charge in [-0.05, 0) is 188 Å². The largest absolute Gasteiger partial charge is 0.460 e. The molecular formula is C52H103N7O14. The van der Waals surface area contributed by atoms with E-state index in [4.69, 9.17) is 29.4 Å². The van der Waals surface area contributed by atoms with E-state index in [1.165, 1.54) is 0 Å². The molecule has 0 aliphatic heterocycles. The Balaban J connectivity index is 5.35. The first-order chi connectivity index (χ1) is 33.5. The van der Waals surface area contributed by atoms with Crippen molar-refractivity contribution >= 4 is 30.0 Å². The first-order valence-electron chi connectivity index (χ1n) is 26.6. The Bertz CT molecular complexity index is 1570. The fourth-order valence-electron chi connectivity index (χ4n) is 7.17. The molecule has 0 fully saturated rings. The summed E-state index contributed by atoms with van der Waals surface area (Å²) in [5.74, 6) is -2.39. The number of unbranched alkanes of at least 4 members (excludes halogenated alkanes) is 6. The summed E-state index contributed by atoms with van der Waals surface area (Å²) >= 11 is 0. The summed E-state index contributed by atoms with van der Waals surface area (Å²) < 4.78 is 27.5. The van der Waals surface area contributed by atoms with Crippen molar-refractivity contribution in [3.63, 3.8) is 0 Å². The van der Waals surface area contributed by atoms with E-state index in [-0.39, 0.29) is 25.7 Å². The maximum Gasteiger partial charge on any atom is 0.407 e. The molecule has 0 radical (unpaired) electrons. The first kappa shape index (κ1) is 69.8. The molecule has 1 amide bonds. The molecule has 0 bridgehead atoms. The fourth-order valence-corrected chi connectivity index (χ4v) is 7.17. The van der Waals surface area contributed by atoms with Crippen LogP contribution in [-0.4, -0.2) is 147 Å². The predicted octanol–water partition coefficient (Wildman–Crippen LogP) is 4.73. The summed E-state index contributed by atoms with van der Waals surface area (Å²) in [5.41, 5.74) is 1.92. The van der Waals surface area contributed by atoms with Gasteiger partial charge in [-0.3, -0.25) is 45.8 Å². The molecule has 4 unspecified atom stereocenters. The van der Waals surface area contributed by atoms with E-state index in [9.17, 15) is 44.4 Å². The minimum atomic E-state index is -1.60. The van der Waals surface area contributed by atoms with Gasteiger partial charge in [-0.15, -0.1) is 0 Å². The third-order valence-electron chi connectivity index (χ3n) is 10.3. The van der Waals surface area contributed by atoms with Crippen LogP contribution in [0.1, 0.15) is 207 Å². The molecule has 0 aromatic heterocycles. The van der Waals surface area contributed by atoms with Crippen molar-refractivity contribution in [2.75, 3.05) is 19.6 Å². The van der Waals surface area contributed by atoms with Gasteiger partial charge in [0.2, 0.25) is 0 Å². The number of rotatable bonds is 36. The summed E-state index contributed by atoms with van der Waals surface area (Å²) in [6.45, 7) is 27.4. The summed E-state index contributed by atoms with van der Waals surface area (Å²) in [7, 11) is 0. The minimum absolute atomic E-state index is 0.0535. The zero-order chi connectivity index (χ0) is 56.2. The van der Waals surface area contributed by atoms with Crippen molar-refractivity contribution in [2.24, 2.45) is 5.73 Å². The molecule has 430 valence electrons. The Morgan fingerprint density at radius 1 is 0.438 bits per heavy atom. The van der Waals surface area contributed by atoms with Crippen LogP contribution in [0.4, 0.5) is 4.79 Å². The van der Waals surface area contributed by atoms with Crippen LogP contribution in [0, 0.1) is 0 Å². The molecule has 8 atom stereocenters. The molecule has 12 N–H and O–H groups in total. The summed E-state index contributed by atoms with van der Waals surface area (Å²) in [5, 5.41) is 61.9. The lowest BCUT2D eigenvalue weighted by Crippen LogP contribution is -2.56. The second-order valence-corrected chi connectivity index (χ2v) is 23.8. The lowest BCUT2D eigenvalue weighted by molar-refractivity contribution is -0.161. The molecule has 21 nitrogen and oxygen atoms in total. The normalized spacial score (nSPS) is 16.0. The molecule has 0 heterocycles. The summed E-state index contributed by atoms with van der Waals surface area (Å²) in [6.07, 6.45) is 2.47. The van der Waals surface area contributed by atoms with Crippen molar-refractivity contribution in [3.8, 4) is 0 Å². The number of hydrogen-bond acceptors (Lipinski definition) is 20. The predicted molar refractivity (Wildman–Crippen MR) is 280 cm³/mol. The number of aliphatic hydroxyl groups is 4. The topological polar surface area (TPSA) is 311 Å². The summed E-state index contributed by atoms with van der Waals surface area (Å²) in [6, 6.07) is -3.65. The maximum absolute atomic E-state index is 13.3. The van der Waals surface area contributed by atoms with Crippen LogP contribution in [0.25, 0.3) is 0 Å². The quantitative estimate of drug-likeness (QED) is 0.0175. The number of ether oxygens (including phenoxy) is 5. The van der Waals surface area contributed by atoms with E-state index in [1.54, 1.807) is 104 Å². The van der Waals surface area contributed by atoms with Crippen molar-refractivity contribution in [3.05, 3.63) is 0 Å². The van der Waals surface area contributed by atoms with Gasteiger partial charge in [-0.25, -0.2) is 4.79 Å². The number of alkyl carbamates (subject to hydrolysis) is 1. The molecular weight excluding hydrogens is 947 g/mol. The summed E-state index contributed by atoms with van der Waals surface area (Å²) in [4.78, 5) is 64.2. The first-order valence-corrected chi connectivity index (χ1v) is 26.6. The average molecular weight is 1050 g/mol. The lowest BCUT2D eigenvalue weighted by Gasteiger charge is -2.31. The number of nitrogens with one attached hydrogen (secondary N) is 6. The third kappa shape index (κ3) is 39.8. The van der Waals surface area contributed by atoms with Gasteiger partial charge in [0.05, 0.1) is 0 Å². The van der Waals surface area contributed by atoms with Crippen molar-refractivity contribution in [1.82, 2.24) is 31.9 Å². The Morgan fingerprint density at radius 2 is 0.877 bits per heavy atom. The third-order valence-corrected chi connectivity index (χ3v) is 10.3. The van der Waals surface area contributed by atoms with Crippen LogP contribution >= 0.6 is 0 Å². The molecule has 0 spiro atoms. The van der Waals surface area contributed by atoms with E-state index in [0.29, 0.717) is 71.0 Å². The second-order valence-electron chi connectivity index (χ2n) is 23.8. The van der Waals surface area contributed by atoms with Gasteiger partial charge in [-0.1, -0.05) is 25.7 Å².